The van der Waals surface area contributed by atoms with Crippen molar-refractivity contribution in [3.63, 3.8) is 0 Å². The highest BCUT2D eigenvalue weighted by Crippen LogP contribution is 2.27. The second-order valence-corrected chi connectivity index (χ2v) is 3.91. The molecule has 0 saturated carbocycles. The topological polar surface area (TPSA) is 56.0 Å². The summed E-state index contributed by atoms with van der Waals surface area (Å²) in [4.78, 5) is 14.8. The maximum atomic E-state index is 10.8. The van der Waals surface area contributed by atoms with Crippen molar-refractivity contribution in [2.75, 3.05) is 0 Å². The van der Waals surface area contributed by atoms with Gasteiger partial charge in [0, 0.05) is 0 Å². The van der Waals surface area contributed by atoms with Crippen molar-refractivity contribution in [1.29, 1.82) is 0 Å². The molecule has 0 aliphatic rings. The summed E-state index contributed by atoms with van der Waals surface area (Å²) in [6.45, 7) is 0. The number of thiazole rings is 1. The van der Waals surface area contributed by atoms with E-state index in [-0.39, 0.29) is 0 Å². The summed E-state index contributed by atoms with van der Waals surface area (Å²) in [6, 6.07) is 5.40. The van der Waals surface area contributed by atoms with Crippen LogP contribution in [0.4, 0.5) is 0 Å². The van der Waals surface area contributed by atoms with Gasteiger partial charge in [0.15, 0.2) is 5.01 Å². The second-order valence-electron chi connectivity index (χ2n) is 2.47. The third-order valence-electron chi connectivity index (χ3n) is 1.58. The van der Waals surface area contributed by atoms with Crippen molar-refractivity contribution < 1.29 is 4.79 Å². The third-order valence-corrected chi connectivity index (χ3v) is 2.92. The molecular weight excluding hydrogens is 208 g/mol. The molecule has 2 rings (SSSR count). The lowest BCUT2D eigenvalue weighted by molar-refractivity contribution is 0.1000. The number of nitrogens with two attached hydrogens (primary N) is 1. The molecule has 0 atom stereocenters. The van der Waals surface area contributed by atoms with Crippen LogP contribution in [-0.2, 0) is 0 Å². The van der Waals surface area contributed by atoms with Crippen LogP contribution in [-0.4, -0.2) is 10.9 Å². The van der Waals surface area contributed by atoms with E-state index >= 15 is 0 Å². The van der Waals surface area contributed by atoms with Gasteiger partial charge in [-0.15, -0.1) is 11.3 Å². The van der Waals surface area contributed by atoms with Gasteiger partial charge < -0.3 is 5.73 Å². The molecular formula is C8H5ClN2OS. The standard InChI is InChI=1S/C8H5ClN2OS/c9-4-2-1-3-5-6(4)11-8(13-5)7(10)12/h1-3H,(H2,10,12). The molecule has 0 spiro atoms. The highest BCUT2D eigenvalue weighted by atomic mass is 35.5. The van der Waals surface area contributed by atoms with Gasteiger partial charge in [-0.25, -0.2) is 4.98 Å². The van der Waals surface area contributed by atoms with Crippen LogP contribution >= 0.6 is 22.9 Å². The molecule has 0 bridgehead atoms. The lowest BCUT2D eigenvalue weighted by atomic mass is 10.3. The summed E-state index contributed by atoms with van der Waals surface area (Å²) in [5.74, 6) is -0.516. The predicted molar refractivity (Wildman–Crippen MR) is 53.1 cm³/mol. The van der Waals surface area contributed by atoms with Gasteiger partial charge in [0.25, 0.3) is 5.91 Å². The van der Waals surface area contributed by atoms with Gasteiger partial charge >= 0.3 is 0 Å². The number of primary amides is 1. The monoisotopic (exact) mass is 212 g/mol. The Kier molecular flexibility index (Phi) is 1.94. The van der Waals surface area contributed by atoms with E-state index in [1.807, 2.05) is 12.1 Å². The Morgan fingerprint density at radius 2 is 2.31 bits per heavy atom. The summed E-state index contributed by atoms with van der Waals surface area (Å²) in [5.41, 5.74) is 5.74. The highest BCUT2D eigenvalue weighted by Gasteiger charge is 2.09. The fourth-order valence-corrected chi connectivity index (χ4v) is 2.14. The number of benzene rings is 1. The number of carbonyl (C=O) groups is 1. The summed E-state index contributed by atoms with van der Waals surface area (Å²) >= 11 is 7.12. The van der Waals surface area contributed by atoms with E-state index in [2.05, 4.69) is 4.98 Å². The maximum absolute atomic E-state index is 10.8. The molecule has 5 heteroatoms. The molecule has 3 nitrogen and oxygen atoms in total. The first-order valence-corrected chi connectivity index (χ1v) is 4.73. The minimum absolute atomic E-state index is 0.295. The summed E-state index contributed by atoms with van der Waals surface area (Å²) in [6.07, 6.45) is 0. The molecule has 0 unspecified atom stereocenters. The average Bonchev–Trinajstić information content (AvgIpc) is 2.49. The molecule has 0 aliphatic carbocycles. The summed E-state index contributed by atoms with van der Waals surface area (Å²) in [5, 5.41) is 0.837. The largest absolute Gasteiger partial charge is 0.364 e. The third kappa shape index (κ3) is 1.38. The van der Waals surface area contributed by atoms with Crippen LogP contribution in [0.1, 0.15) is 9.80 Å². The smallest absolute Gasteiger partial charge is 0.277 e. The number of fused-ring (bicyclic) bond motifs is 1. The lowest BCUT2D eigenvalue weighted by Gasteiger charge is -1.87. The van der Waals surface area contributed by atoms with Crippen LogP contribution in [0.25, 0.3) is 10.2 Å². The van der Waals surface area contributed by atoms with E-state index in [0.717, 1.165) is 4.70 Å². The Morgan fingerprint density at radius 1 is 1.54 bits per heavy atom. The minimum Gasteiger partial charge on any atom is -0.364 e. The molecule has 0 aliphatic heterocycles. The first-order chi connectivity index (χ1) is 6.18. The zero-order chi connectivity index (χ0) is 9.42. The molecule has 13 heavy (non-hydrogen) atoms. The zero-order valence-corrected chi connectivity index (χ0v) is 8.02. The van der Waals surface area contributed by atoms with Crippen LogP contribution in [0.5, 0.6) is 0 Å². The number of hydrogen-bond acceptors (Lipinski definition) is 3. The Morgan fingerprint density at radius 3 is 2.92 bits per heavy atom. The highest BCUT2D eigenvalue weighted by molar-refractivity contribution is 7.20. The number of halogens is 1. The lowest BCUT2D eigenvalue weighted by Crippen LogP contribution is -2.09. The fraction of sp³-hybridized carbons (Fsp3) is 0. The van der Waals surface area contributed by atoms with E-state index in [4.69, 9.17) is 17.3 Å². The van der Waals surface area contributed by atoms with Crippen LogP contribution in [0.15, 0.2) is 18.2 Å². The van der Waals surface area contributed by atoms with Crippen LogP contribution in [0.3, 0.4) is 0 Å². The van der Waals surface area contributed by atoms with Crippen molar-refractivity contribution in [2.45, 2.75) is 0 Å². The number of aromatic nitrogens is 1. The number of hydrogen-bond donors (Lipinski definition) is 1. The maximum Gasteiger partial charge on any atom is 0.277 e. The predicted octanol–water partition coefficient (Wildman–Crippen LogP) is 2.05. The van der Waals surface area contributed by atoms with Gasteiger partial charge in [0.05, 0.1) is 9.72 Å². The zero-order valence-electron chi connectivity index (χ0n) is 6.45. The minimum atomic E-state index is -0.516. The van der Waals surface area contributed by atoms with E-state index < -0.39 is 5.91 Å². The molecule has 0 radical (unpaired) electrons. The molecule has 1 aromatic heterocycles. The van der Waals surface area contributed by atoms with Gasteiger partial charge in [-0.2, -0.15) is 0 Å². The quantitative estimate of drug-likeness (QED) is 0.787. The van der Waals surface area contributed by atoms with Crippen molar-refractivity contribution in [3.8, 4) is 0 Å². The van der Waals surface area contributed by atoms with E-state index in [1.165, 1.54) is 11.3 Å². The van der Waals surface area contributed by atoms with Crippen LogP contribution in [0, 0.1) is 0 Å². The number of carbonyl (C=O) groups excluding carboxylic acids is 1. The number of rotatable bonds is 1. The molecule has 0 saturated heterocycles. The van der Waals surface area contributed by atoms with Gasteiger partial charge in [-0.1, -0.05) is 17.7 Å². The van der Waals surface area contributed by atoms with Gasteiger partial charge in [-0.3, -0.25) is 4.79 Å². The fourth-order valence-electron chi connectivity index (χ4n) is 1.02. The van der Waals surface area contributed by atoms with Gasteiger partial charge in [-0.05, 0) is 12.1 Å². The van der Waals surface area contributed by atoms with Crippen molar-refractivity contribution in [2.24, 2.45) is 5.73 Å². The number of nitrogens with zero attached hydrogens (tertiary/aromatic N) is 1. The second kappa shape index (κ2) is 2.97. The molecule has 1 aromatic carbocycles. The average molecular weight is 213 g/mol. The van der Waals surface area contributed by atoms with Crippen LogP contribution in [0.2, 0.25) is 5.02 Å². The molecule has 1 heterocycles. The molecule has 66 valence electrons. The van der Waals surface area contributed by atoms with Crippen LogP contribution < -0.4 is 5.73 Å². The van der Waals surface area contributed by atoms with Gasteiger partial charge in [0.2, 0.25) is 0 Å². The molecule has 0 fully saturated rings. The van der Waals surface area contributed by atoms with E-state index in [1.54, 1.807) is 6.07 Å². The first kappa shape index (κ1) is 8.47. The Balaban J connectivity index is 2.75. The van der Waals surface area contributed by atoms with Crippen molar-refractivity contribution in [3.05, 3.63) is 28.2 Å². The van der Waals surface area contributed by atoms with E-state index in [9.17, 15) is 4.79 Å². The first-order valence-electron chi connectivity index (χ1n) is 3.53. The molecule has 2 aromatic rings. The number of amides is 1. The van der Waals surface area contributed by atoms with Gasteiger partial charge in [0.1, 0.15) is 5.52 Å². The molecule has 2 N–H and O–H groups in total. The number of para-hydroxylation sites is 1. The summed E-state index contributed by atoms with van der Waals surface area (Å²) < 4.78 is 0.876. The Hall–Kier alpha value is -1.13. The van der Waals surface area contributed by atoms with Crippen molar-refractivity contribution in [1.82, 2.24) is 4.98 Å². The SMILES string of the molecule is NC(=O)c1nc2c(Cl)cccc2s1. The Bertz CT molecular complexity index is 480. The Labute approximate surface area is 83.1 Å². The van der Waals surface area contributed by atoms with E-state index in [0.29, 0.717) is 15.5 Å². The summed E-state index contributed by atoms with van der Waals surface area (Å²) in [7, 11) is 0. The van der Waals surface area contributed by atoms with Crippen molar-refractivity contribution >= 4 is 39.1 Å². The normalized spacial score (nSPS) is 10.5. The molecule has 1 amide bonds.